The molecule has 13 heavy (non-hydrogen) atoms. The molecule has 0 amide bonds. The fourth-order valence-corrected chi connectivity index (χ4v) is 3.48. The summed E-state index contributed by atoms with van der Waals surface area (Å²) in [5.74, 6) is 1.02. The normalized spacial score (nSPS) is 46.7. The van der Waals surface area contributed by atoms with Gasteiger partial charge in [0.15, 0.2) is 0 Å². The van der Waals surface area contributed by atoms with Crippen LogP contribution in [0.1, 0.15) is 33.6 Å². The van der Waals surface area contributed by atoms with Crippen molar-refractivity contribution in [3.8, 4) is 0 Å². The quantitative estimate of drug-likeness (QED) is 0.676. The average molecular weight is 182 g/mol. The second-order valence-corrected chi connectivity index (χ2v) is 5.40. The van der Waals surface area contributed by atoms with E-state index in [1.165, 1.54) is 6.42 Å². The molecular formula is C11H18O2. The highest BCUT2D eigenvalue weighted by molar-refractivity contribution is 5.70. The van der Waals surface area contributed by atoms with Crippen molar-refractivity contribution in [3.63, 3.8) is 0 Å². The van der Waals surface area contributed by atoms with E-state index >= 15 is 0 Å². The zero-order valence-electron chi connectivity index (χ0n) is 8.58. The first kappa shape index (κ1) is 9.04. The van der Waals surface area contributed by atoms with Crippen LogP contribution in [0.3, 0.4) is 0 Å². The summed E-state index contributed by atoms with van der Waals surface area (Å²) in [6.45, 7) is 6.70. The molecule has 0 saturated heterocycles. The van der Waals surface area contributed by atoms with Crippen molar-refractivity contribution >= 4 is 5.97 Å². The minimum absolute atomic E-state index is 0.0724. The van der Waals surface area contributed by atoms with Gasteiger partial charge in [-0.2, -0.15) is 0 Å². The van der Waals surface area contributed by atoms with Gasteiger partial charge in [-0.05, 0) is 36.0 Å². The number of aliphatic carboxylic acids is 1. The van der Waals surface area contributed by atoms with E-state index in [-0.39, 0.29) is 5.92 Å². The summed E-state index contributed by atoms with van der Waals surface area (Å²) >= 11 is 0. The molecule has 0 aromatic carbocycles. The van der Waals surface area contributed by atoms with Crippen LogP contribution in [0, 0.1) is 29.1 Å². The minimum atomic E-state index is -0.585. The number of hydrogen-bond donors (Lipinski definition) is 1. The lowest BCUT2D eigenvalue weighted by atomic mass is 9.43. The Hall–Kier alpha value is -0.530. The Balaban J connectivity index is 2.16. The maximum Gasteiger partial charge on any atom is 0.306 e. The molecule has 3 rings (SSSR count). The summed E-state index contributed by atoms with van der Waals surface area (Å²) < 4.78 is 0. The second-order valence-electron chi connectivity index (χ2n) is 5.40. The van der Waals surface area contributed by atoms with Gasteiger partial charge in [0.25, 0.3) is 0 Å². The molecule has 0 aromatic rings. The summed E-state index contributed by atoms with van der Waals surface area (Å²) in [7, 11) is 0. The molecule has 0 heterocycles. The third-order valence-electron chi connectivity index (χ3n) is 4.67. The topological polar surface area (TPSA) is 37.3 Å². The average Bonchev–Trinajstić information content (AvgIpc) is 2.02. The van der Waals surface area contributed by atoms with Gasteiger partial charge in [0, 0.05) is 0 Å². The first-order valence-electron chi connectivity index (χ1n) is 5.17. The van der Waals surface area contributed by atoms with Crippen molar-refractivity contribution in [1.29, 1.82) is 0 Å². The Morgan fingerprint density at radius 3 is 2.38 bits per heavy atom. The molecule has 0 unspecified atom stereocenters. The van der Waals surface area contributed by atoms with Gasteiger partial charge in [0.2, 0.25) is 0 Å². The zero-order chi connectivity index (χ0) is 9.80. The second kappa shape index (κ2) is 2.49. The molecule has 0 aliphatic heterocycles. The molecule has 0 radical (unpaired) electrons. The van der Waals surface area contributed by atoms with E-state index in [2.05, 4.69) is 20.8 Å². The van der Waals surface area contributed by atoms with Crippen LogP contribution in [0.4, 0.5) is 0 Å². The number of rotatable bonds is 1. The van der Waals surface area contributed by atoms with E-state index in [9.17, 15) is 4.79 Å². The number of carbonyl (C=O) groups is 1. The number of carboxylic acid groups (broad SMARTS) is 1. The lowest BCUT2D eigenvalue weighted by molar-refractivity contribution is -0.167. The van der Waals surface area contributed by atoms with Crippen molar-refractivity contribution in [3.05, 3.63) is 0 Å². The third-order valence-corrected chi connectivity index (χ3v) is 4.67. The smallest absolute Gasteiger partial charge is 0.306 e. The first-order chi connectivity index (χ1) is 5.94. The predicted molar refractivity (Wildman–Crippen MR) is 50.3 cm³/mol. The van der Waals surface area contributed by atoms with Crippen LogP contribution in [0.5, 0.6) is 0 Å². The fourth-order valence-electron chi connectivity index (χ4n) is 3.48. The molecule has 3 aliphatic carbocycles. The van der Waals surface area contributed by atoms with E-state index < -0.39 is 5.97 Å². The molecule has 74 valence electrons. The summed E-state index contributed by atoms with van der Waals surface area (Å²) in [5, 5.41) is 9.02. The van der Waals surface area contributed by atoms with Gasteiger partial charge in [-0.25, -0.2) is 0 Å². The highest BCUT2D eigenvalue weighted by atomic mass is 16.4. The molecular weight excluding hydrogens is 164 g/mol. The lowest BCUT2D eigenvalue weighted by Gasteiger charge is -2.61. The molecule has 3 aliphatic rings. The summed E-state index contributed by atoms with van der Waals surface area (Å²) in [5.41, 5.74) is 0.408. The van der Waals surface area contributed by atoms with Gasteiger partial charge in [-0.15, -0.1) is 0 Å². The standard InChI is InChI=1S/C11H18O2/c1-6-8(10(12)13)4-7-5-9(6)11(7,2)3/h6-9H,4-5H2,1-3H3,(H,12,13)/t6-,7-,8+,9-/m1/s1. The summed E-state index contributed by atoms with van der Waals surface area (Å²) in [6.07, 6.45) is 2.16. The van der Waals surface area contributed by atoms with Crippen molar-refractivity contribution < 1.29 is 9.90 Å². The number of carboxylic acids is 1. The monoisotopic (exact) mass is 182 g/mol. The van der Waals surface area contributed by atoms with Gasteiger partial charge >= 0.3 is 5.97 Å². The van der Waals surface area contributed by atoms with E-state index in [1.54, 1.807) is 0 Å². The summed E-state index contributed by atoms with van der Waals surface area (Å²) in [6, 6.07) is 0. The van der Waals surface area contributed by atoms with E-state index in [0.717, 1.165) is 6.42 Å². The molecule has 3 saturated carbocycles. The van der Waals surface area contributed by atoms with Crippen LogP contribution in [-0.4, -0.2) is 11.1 Å². The fraction of sp³-hybridized carbons (Fsp3) is 0.909. The van der Waals surface area contributed by atoms with Crippen molar-refractivity contribution in [1.82, 2.24) is 0 Å². The molecule has 3 fully saturated rings. The lowest BCUT2D eigenvalue weighted by Crippen LogP contribution is -2.56. The molecule has 1 N–H and O–H groups in total. The van der Waals surface area contributed by atoms with Crippen molar-refractivity contribution in [2.75, 3.05) is 0 Å². The molecule has 2 bridgehead atoms. The molecule has 0 aromatic heterocycles. The first-order valence-corrected chi connectivity index (χ1v) is 5.17. The number of hydrogen-bond acceptors (Lipinski definition) is 1. The third kappa shape index (κ3) is 1.04. The summed E-state index contributed by atoms with van der Waals surface area (Å²) in [4.78, 5) is 10.9. The van der Waals surface area contributed by atoms with Crippen LogP contribution in [-0.2, 0) is 4.79 Å². The molecule has 4 atom stereocenters. The van der Waals surface area contributed by atoms with Crippen LogP contribution in [0.2, 0.25) is 0 Å². The van der Waals surface area contributed by atoms with Crippen molar-refractivity contribution in [2.24, 2.45) is 29.1 Å². The van der Waals surface area contributed by atoms with Gasteiger partial charge in [-0.1, -0.05) is 20.8 Å². The van der Waals surface area contributed by atoms with E-state index in [1.807, 2.05) is 0 Å². The van der Waals surface area contributed by atoms with Gasteiger partial charge in [-0.3, -0.25) is 4.79 Å². The minimum Gasteiger partial charge on any atom is -0.481 e. The zero-order valence-corrected chi connectivity index (χ0v) is 8.58. The highest BCUT2D eigenvalue weighted by Crippen LogP contribution is 2.62. The maximum atomic E-state index is 10.9. The Morgan fingerprint density at radius 2 is 2.00 bits per heavy atom. The van der Waals surface area contributed by atoms with Crippen molar-refractivity contribution in [2.45, 2.75) is 33.6 Å². The van der Waals surface area contributed by atoms with E-state index in [0.29, 0.717) is 23.2 Å². The maximum absolute atomic E-state index is 10.9. The SMILES string of the molecule is C[C@@H]1[C@@H](C(=O)O)C[C@@H]2C[C@H]1C2(C)C. The predicted octanol–water partition coefficient (Wildman–Crippen LogP) is 2.39. The highest BCUT2D eigenvalue weighted by Gasteiger charge is 2.57. The number of fused-ring (bicyclic) bond motifs is 2. The molecule has 0 spiro atoms. The van der Waals surface area contributed by atoms with Crippen LogP contribution in [0.25, 0.3) is 0 Å². The Bertz CT molecular complexity index is 244. The molecule has 2 nitrogen and oxygen atoms in total. The van der Waals surface area contributed by atoms with Crippen LogP contribution >= 0.6 is 0 Å². The van der Waals surface area contributed by atoms with Gasteiger partial charge < -0.3 is 5.11 Å². The largest absolute Gasteiger partial charge is 0.481 e. The van der Waals surface area contributed by atoms with E-state index in [4.69, 9.17) is 5.11 Å². The van der Waals surface area contributed by atoms with Crippen LogP contribution < -0.4 is 0 Å². The molecule has 2 heteroatoms. The Labute approximate surface area is 79.3 Å². The van der Waals surface area contributed by atoms with Crippen LogP contribution in [0.15, 0.2) is 0 Å². The van der Waals surface area contributed by atoms with Gasteiger partial charge in [0.1, 0.15) is 0 Å². The Morgan fingerprint density at radius 1 is 1.38 bits per heavy atom. The Kier molecular flexibility index (Phi) is 1.73. The van der Waals surface area contributed by atoms with Gasteiger partial charge in [0.05, 0.1) is 5.92 Å².